The van der Waals surface area contributed by atoms with E-state index in [0.717, 1.165) is 5.69 Å². The minimum atomic E-state index is -4.60. The van der Waals surface area contributed by atoms with E-state index in [9.17, 15) is 23.1 Å². The number of hydrogen-bond acceptors (Lipinski definition) is 4. The van der Waals surface area contributed by atoms with Crippen LogP contribution in [0.2, 0.25) is 0 Å². The van der Waals surface area contributed by atoms with Gasteiger partial charge in [0.2, 0.25) is 0 Å². The Labute approximate surface area is 158 Å². The maximum atomic E-state index is 12.7. The molecule has 0 spiro atoms. The van der Waals surface area contributed by atoms with Crippen LogP contribution in [0.5, 0.6) is 5.75 Å². The van der Waals surface area contributed by atoms with Gasteiger partial charge in [-0.2, -0.15) is 13.2 Å². The van der Waals surface area contributed by atoms with E-state index in [1.165, 1.54) is 11.6 Å². The van der Waals surface area contributed by atoms with Crippen LogP contribution in [0.25, 0.3) is 11.0 Å². The lowest BCUT2D eigenvalue weighted by Crippen LogP contribution is -2.20. The number of nitrogens with zero attached hydrogens (tertiary/aromatic N) is 2. The Morgan fingerprint density at radius 3 is 2.54 bits per heavy atom. The van der Waals surface area contributed by atoms with Crippen LogP contribution in [0.1, 0.15) is 23.1 Å². The van der Waals surface area contributed by atoms with Crippen molar-refractivity contribution in [2.75, 3.05) is 11.9 Å². The number of carboxylic acid groups (broad SMARTS) is 1. The number of para-hydroxylation sites is 1. The highest BCUT2D eigenvalue weighted by molar-refractivity contribution is 6.01. The summed E-state index contributed by atoms with van der Waals surface area (Å²) in [6.45, 7) is 0.288. The number of carboxylic acids is 1. The number of pyridine rings is 1. The zero-order chi connectivity index (χ0) is 20.5. The third-order valence-electron chi connectivity index (χ3n) is 4.16. The fourth-order valence-corrected chi connectivity index (χ4v) is 2.94. The summed E-state index contributed by atoms with van der Waals surface area (Å²) in [4.78, 5) is 16.1. The Kier molecular flexibility index (Phi) is 5.17. The summed E-state index contributed by atoms with van der Waals surface area (Å²) in [5, 5.41) is 12.9. The van der Waals surface area contributed by atoms with Crippen molar-refractivity contribution in [1.29, 1.82) is 0 Å². The molecule has 0 saturated heterocycles. The molecule has 0 fully saturated rings. The number of fused-ring (bicyclic) bond motifs is 1. The molecule has 0 bridgehead atoms. The van der Waals surface area contributed by atoms with E-state index in [1.807, 2.05) is 37.3 Å². The number of carbonyl (C=O) groups is 1. The smallest absolute Gasteiger partial charge is 0.422 e. The second-order valence-corrected chi connectivity index (χ2v) is 6.14. The van der Waals surface area contributed by atoms with Gasteiger partial charge in [-0.1, -0.05) is 25.1 Å². The van der Waals surface area contributed by atoms with Gasteiger partial charge < -0.3 is 19.7 Å². The van der Waals surface area contributed by atoms with Gasteiger partial charge in [0.05, 0.1) is 16.8 Å². The molecule has 0 amide bonds. The number of aromatic carboxylic acids is 1. The molecule has 28 heavy (non-hydrogen) atoms. The highest BCUT2D eigenvalue weighted by Gasteiger charge is 2.32. The Morgan fingerprint density at radius 1 is 1.29 bits per heavy atom. The van der Waals surface area contributed by atoms with E-state index in [4.69, 9.17) is 4.74 Å². The summed E-state index contributed by atoms with van der Waals surface area (Å²) in [5.74, 6) is -1.75. The standard InChI is InChI=1S/C19H18F3N3O3/c1-3-13-14(23-11-7-5-4-6-8-11)9-12-16(28-10-19(20,21)22)15(18(26)27)25(2)17(12)24-13/h4-9,23H,3,10H2,1-2H3,(H,26,27). The summed E-state index contributed by atoms with van der Waals surface area (Å²) in [6.07, 6.45) is -4.06. The van der Waals surface area contributed by atoms with Gasteiger partial charge in [-0.25, -0.2) is 9.78 Å². The first-order valence-electron chi connectivity index (χ1n) is 8.48. The molecule has 1 aromatic carbocycles. The Bertz CT molecular complexity index is 1010. The zero-order valence-electron chi connectivity index (χ0n) is 15.2. The molecule has 0 radical (unpaired) electrons. The third kappa shape index (κ3) is 3.88. The molecular formula is C19H18F3N3O3. The van der Waals surface area contributed by atoms with E-state index in [2.05, 4.69) is 10.3 Å². The monoisotopic (exact) mass is 393 g/mol. The van der Waals surface area contributed by atoms with Crippen molar-refractivity contribution < 1.29 is 27.8 Å². The van der Waals surface area contributed by atoms with Gasteiger partial charge in [-0.15, -0.1) is 0 Å². The van der Waals surface area contributed by atoms with Crippen LogP contribution in [0.3, 0.4) is 0 Å². The Hall–Kier alpha value is -3.23. The van der Waals surface area contributed by atoms with Crippen LogP contribution >= 0.6 is 0 Å². The van der Waals surface area contributed by atoms with Crippen LogP contribution in [0.15, 0.2) is 36.4 Å². The SMILES string of the molecule is CCc1nc2c(cc1Nc1ccccc1)c(OCC(F)(F)F)c(C(=O)O)n2C. The molecule has 0 aliphatic rings. The molecule has 2 N–H and O–H groups in total. The summed E-state index contributed by atoms with van der Waals surface area (Å²) in [7, 11) is 1.43. The molecule has 2 heterocycles. The van der Waals surface area contributed by atoms with Gasteiger partial charge in [-0.3, -0.25) is 0 Å². The maximum Gasteiger partial charge on any atom is 0.422 e. The first-order valence-corrected chi connectivity index (χ1v) is 8.48. The number of rotatable bonds is 6. The van der Waals surface area contributed by atoms with Crippen molar-refractivity contribution in [3.05, 3.63) is 47.8 Å². The fourth-order valence-electron chi connectivity index (χ4n) is 2.94. The number of aryl methyl sites for hydroxylation is 2. The summed E-state index contributed by atoms with van der Waals surface area (Å²) in [6, 6.07) is 10.8. The van der Waals surface area contributed by atoms with Crippen LogP contribution in [0.4, 0.5) is 24.5 Å². The number of hydrogen-bond donors (Lipinski definition) is 2. The first-order chi connectivity index (χ1) is 13.2. The van der Waals surface area contributed by atoms with E-state index >= 15 is 0 Å². The second-order valence-electron chi connectivity index (χ2n) is 6.14. The van der Waals surface area contributed by atoms with Gasteiger partial charge in [-0.05, 0) is 24.6 Å². The van der Waals surface area contributed by atoms with Gasteiger partial charge in [0.1, 0.15) is 5.65 Å². The lowest BCUT2D eigenvalue weighted by Gasteiger charge is -2.12. The minimum Gasteiger partial charge on any atom is -0.481 e. The average molecular weight is 393 g/mol. The molecule has 0 saturated carbocycles. The zero-order valence-corrected chi connectivity index (χ0v) is 15.2. The number of anilines is 2. The van der Waals surface area contributed by atoms with Crippen LogP contribution in [0, 0.1) is 0 Å². The van der Waals surface area contributed by atoms with E-state index in [1.54, 1.807) is 6.07 Å². The largest absolute Gasteiger partial charge is 0.481 e. The van der Waals surface area contributed by atoms with E-state index in [0.29, 0.717) is 17.8 Å². The number of ether oxygens (including phenoxy) is 1. The molecule has 2 aromatic heterocycles. The Morgan fingerprint density at radius 2 is 1.96 bits per heavy atom. The highest BCUT2D eigenvalue weighted by atomic mass is 19.4. The van der Waals surface area contributed by atoms with Crippen LogP contribution in [-0.2, 0) is 13.5 Å². The lowest BCUT2D eigenvalue weighted by molar-refractivity contribution is -0.153. The fraction of sp³-hybridized carbons (Fsp3) is 0.263. The van der Waals surface area contributed by atoms with Crippen molar-refractivity contribution in [3.63, 3.8) is 0 Å². The van der Waals surface area contributed by atoms with Gasteiger partial charge in [0.15, 0.2) is 18.1 Å². The highest BCUT2D eigenvalue weighted by Crippen LogP contribution is 2.36. The number of halogens is 3. The maximum absolute atomic E-state index is 12.7. The molecule has 0 atom stereocenters. The lowest BCUT2D eigenvalue weighted by atomic mass is 10.2. The van der Waals surface area contributed by atoms with Crippen molar-refractivity contribution in [3.8, 4) is 5.75 Å². The summed E-state index contributed by atoms with van der Waals surface area (Å²) in [5.41, 5.74) is 1.85. The van der Waals surface area contributed by atoms with Crippen molar-refractivity contribution in [2.24, 2.45) is 7.05 Å². The topological polar surface area (TPSA) is 76.4 Å². The quantitative estimate of drug-likeness (QED) is 0.644. The van der Waals surface area contributed by atoms with E-state index < -0.39 is 18.8 Å². The number of benzene rings is 1. The molecule has 0 aliphatic heterocycles. The van der Waals surface area contributed by atoms with Crippen molar-refractivity contribution in [2.45, 2.75) is 19.5 Å². The van der Waals surface area contributed by atoms with Gasteiger partial charge in [0, 0.05) is 12.7 Å². The minimum absolute atomic E-state index is 0.194. The van der Waals surface area contributed by atoms with Crippen LogP contribution < -0.4 is 10.1 Å². The second kappa shape index (κ2) is 7.41. The predicted molar refractivity (Wildman–Crippen MR) is 98.3 cm³/mol. The molecule has 0 unspecified atom stereocenters. The number of nitrogens with one attached hydrogen (secondary N) is 1. The number of aromatic nitrogens is 2. The van der Waals surface area contributed by atoms with E-state index in [-0.39, 0.29) is 22.5 Å². The predicted octanol–water partition coefficient (Wildman–Crippen LogP) is 4.52. The van der Waals surface area contributed by atoms with Gasteiger partial charge >= 0.3 is 12.1 Å². The average Bonchev–Trinajstić information content (AvgIpc) is 2.91. The molecule has 3 rings (SSSR count). The van der Waals surface area contributed by atoms with Crippen molar-refractivity contribution >= 4 is 28.4 Å². The molecule has 9 heteroatoms. The summed E-state index contributed by atoms with van der Waals surface area (Å²) < 4.78 is 44.1. The van der Waals surface area contributed by atoms with Crippen molar-refractivity contribution in [1.82, 2.24) is 9.55 Å². The molecule has 6 nitrogen and oxygen atoms in total. The Balaban J connectivity index is 2.17. The number of alkyl halides is 3. The molecular weight excluding hydrogens is 375 g/mol. The summed E-state index contributed by atoms with van der Waals surface area (Å²) >= 11 is 0. The molecule has 0 aliphatic carbocycles. The normalized spacial score (nSPS) is 11.6. The first kappa shape index (κ1) is 19.5. The third-order valence-corrected chi connectivity index (χ3v) is 4.16. The van der Waals surface area contributed by atoms with Gasteiger partial charge in [0.25, 0.3) is 0 Å². The van der Waals surface area contributed by atoms with Crippen LogP contribution in [-0.4, -0.2) is 33.4 Å². The molecule has 3 aromatic rings. The molecule has 148 valence electrons.